The van der Waals surface area contributed by atoms with Crippen molar-refractivity contribution < 1.29 is 14.5 Å². The summed E-state index contributed by atoms with van der Waals surface area (Å²) in [6, 6.07) is 3.02. The highest BCUT2D eigenvalue weighted by Gasteiger charge is 2.27. The van der Waals surface area contributed by atoms with Crippen LogP contribution in [0.2, 0.25) is 0 Å². The number of nitrogens with two attached hydrogens (primary N) is 1. The van der Waals surface area contributed by atoms with E-state index in [-0.39, 0.29) is 23.3 Å². The molecule has 0 unspecified atom stereocenters. The molecule has 0 bridgehead atoms. The van der Waals surface area contributed by atoms with Crippen molar-refractivity contribution in [2.24, 2.45) is 5.73 Å². The van der Waals surface area contributed by atoms with E-state index in [9.17, 15) is 14.9 Å². The van der Waals surface area contributed by atoms with Gasteiger partial charge < -0.3 is 15.8 Å². The van der Waals surface area contributed by atoms with Gasteiger partial charge in [-0.3, -0.25) is 14.9 Å². The van der Waals surface area contributed by atoms with Gasteiger partial charge >= 0.3 is 0 Å². The van der Waals surface area contributed by atoms with Gasteiger partial charge in [0.1, 0.15) is 11.3 Å². The van der Waals surface area contributed by atoms with Crippen LogP contribution < -0.4 is 15.8 Å². The van der Waals surface area contributed by atoms with Gasteiger partial charge in [-0.2, -0.15) is 0 Å². The molecule has 2 rings (SSSR count). The monoisotopic (exact) mass is 339 g/mol. The Morgan fingerprint density at radius 2 is 2.04 bits per heavy atom. The van der Waals surface area contributed by atoms with Crippen molar-refractivity contribution in [3.63, 3.8) is 0 Å². The van der Waals surface area contributed by atoms with Gasteiger partial charge in [-0.15, -0.1) is 11.8 Å². The fraction of sp³-hybridized carbons (Fsp3) is 0.533. The average molecular weight is 339 g/mol. The van der Waals surface area contributed by atoms with Gasteiger partial charge in [-0.1, -0.05) is 0 Å². The first-order chi connectivity index (χ1) is 11.0. The minimum Gasteiger partial charge on any atom is -0.495 e. The minimum absolute atomic E-state index is 0.0155. The van der Waals surface area contributed by atoms with E-state index in [4.69, 9.17) is 10.5 Å². The Morgan fingerprint density at radius 3 is 2.57 bits per heavy atom. The van der Waals surface area contributed by atoms with Crippen molar-refractivity contribution in [2.45, 2.75) is 42.7 Å². The number of carbonyl (C=O) groups is 1. The maximum Gasteiger partial charge on any atom is 0.285 e. The molecular formula is C15H21N3O4S. The van der Waals surface area contributed by atoms with Crippen molar-refractivity contribution in [3.8, 4) is 5.75 Å². The molecule has 0 heterocycles. The highest BCUT2D eigenvalue weighted by molar-refractivity contribution is 7.98. The van der Waals surface area contributed by atoms with Gasteiger partial charge in [-0.05, 0) is 38.0 Å². The van der Waals surface area contributed by atoms with Crippen LogP contribution in [0.1, 0.15) is 36.0 Å². The Labute approximate surface area is 139 Å². The molecule has 1 saturated carbocycles. The van der Waals surface area contributed by atoms with Gasteiger partial charge in [0.15, 0.2) is 0 Å². The molecule has 7 nitrogen and oxygen atoms in total. The summed E-state index contributed by atoms with van der Waals surface area (Å²) in [7, 11) is 1.45. The van der Waals surface area contributed by atoms with Crippen LogP contribution in [-0.4, -0.2) is 36.3 Å². The second-order valence-corrected chi connectivity index (χ2v) is 6.41. The SMILES string of the molecule is COc1cc([N+](=O)[O-])c(C(=O)NC2CCC(N)CC2)cc1SC. The van der Waals surface area contributed by atoms with E-state index < -0.39 is 10.8 Å². The highest BCUT2D eigenvalue weighted by atomic mass is 32.2. The van der Waals surface area contributed by atoms with Gasteiger partial charge in [0, 0.05) is 12.1 Å². The summed E-state index contributed by atoms with van der Waals surface area (Å²) in [6.45, 7) is 0. The smallest absolute Gasteiger partial charge is 0.285 e. The van der Waals surface area contributed by atoms with Crippen molar-refractivity contribution in [2.75, 3.05) is 13.4 Å². The number of carbonyl (C=O) groups excluding carboxylic acids is 1. The number of benzene rings is 1. The molecule has 0 atom stereocenters. The van der Waals surface area contributed by atoms with Crippen LogP contribution in [0, 0.1) is 10.1 Å². The maximum atomic E-state index is 12.5. The zero-order valence-electron chi connectivity index (χ0n) is 13.2. The van der Waals surface area contributed by atoms with E-state index in [0.29, 0.717) is 10.6 Å². The third-order valence-electron chi connectivity index (χ3n) is 4.05. The molecule has 0 radical (unpaired) electrons. The second kappa shape index (κ2) is 7.65. The standard InChI is InChI=1S/C15H21N3O4S/c1-22-13-8-12(18(20)21)11(7-14(13)23-2)15(19)17-10-5-3-9(16)4-6-10/h7-10H,3-6,16H2,1-2H3,(H,17,19). The Morgan fingerprint density at radius 1 is 1.39 bits per heavy atom. The van der Waals surface area contributed by atoms with E-state index in [1.807, 2.05) is 6.26 Å². The van der Waals surface area contributed by atoms with E-state index in [2.05, 4.69) is 5.32 Å². The van der Waals surface area contributed by atoms with Crippen LogP contribution >= 0.6 is 11.8 Å². The number of ether oxygens (including phenoxy) is 1. The molecule has 1 aromatic rings. The number of amides is 1. The summed E-state index contributed by atoms with van der Waals surface area (Å²) in [5, 5.41) is 14.2. The number of nitro groups is 1. The fourth-order valence-corrected chi connectivity index (χ4v) is 3.31. The summed E-state index contributed by atoms with van der Waals surface area (Å²) in [4.78, 5) is 23.9. The first-order valence-electron chi connectivity index (χ1n) is 7.43. The molecule has 3 N–H and O–H groups in total. The van der Waals surface area contributed by atoms with E-state index >= 15 is 0 Å². The second-order valence-electron chi connectivity index (χ2n) is 5.57. The Kier molecular flexibility index (Phi) is 5.84. The normalized spacial score (nSPS) is 20.8. The largest absolute Gasteiger partial charge is 0.495 e. The summed E-state index contributed by atoms with van der Waals surface area (Å²) >= 11 is 1.37. The van der Waals surface area contributed by atoms with Gasteiger partial charge in [0.05, 0.1) is 23.0 Å². The molecule has 1 aliphatic rings. The third kappa shape index (κ3) is 4.14. The Balaban J connectivity index is 2.25. The first-order valence-corrected chi connectivity index (χ1v) is 8.65. The predicted molar refractivity (Wildman–Crippen MR) is 89.1 cm³/mol. The summed E-state index contributed by atoms with van der Waals surface area (Å²) < 4.78 is 5.15. The number of methoxy groups -OCH3 is 1. The third-order valence-corrected chi connectivity index (χ3v) is 4.81. The first kappa shape index (κ1) is 17.6. The predicted octanol–water partition coefficient (Wildman–Crippen LogP) is 2.33. The van der Waals surface area contributed by atoms with Crippen molar-refractivity contribution in [1.29, 1.82) is 0 Å². The average Bonchev–Trinajstić information content (AvgIpc) is 2.55. The zero-order valence-corrected chi connectivity index (χ0v) is 14.0. The quantitative estimate of drug-likeness (QED) is 0.484. The number of rotatable bonds is 5. The summed E-state index contributed by atoms with van der Waals surface area (Å²) in [5.41, 5.74) is 5.67. The maximum absolute atomic E-state index is 12.5. The lowest BCUT2D eigenvalue weighted by molar-refractivity contribution is -0.385. The van der Waals surface area contributed by atoms with E-state index in [1.54, 1.807) is 0 Å². The summed E-state index contributed by atoms with van der Waals surface area (Å²) in [5.74, 6) is -0.0282. The molecule has 126 valence electrons. The number of nitrogens with one attached hydrogen (secondary N) is 1. The van der Waals surface area contributed by atoms with Crippen LogP contribution in [-0.2, 0) is 0 Å². The van der Waals surface area contributed by atoms with Crippen LogP contribution in [0.25, 0.3) is 0 Å². The number of hydrogen-bond acceptors (Lipinski definition) is 6. The molecule has 1 aliphatic carbocycles. The topological polar surface area (TPSA) is 107 Å². The molecule has 0 aliphatic heterocycles. The lowest BCUT2D eigenvalue weighted by atomic mass is 9.91. The van der Waals surface area contributed by atoms with Crippen LogP contribution in [0.3, 0.4) is 0 Å². The van der Waals surface area contributed by atoms with Crippen molar-refractivity contribution >= 4 is 23.4 Å². The van der Waals surface area contributed by atoms with E-state index in [1.165, 1.54) is 31.0 Å². The molecule has 23 heavy (non-hydrogen) atoms. The molecule has 1 amide bonds. The lowest BCUT2D eigenvalue weighted by Gasteiger charge is -2.26. The molecule has 0 aromatic heterocycles. The molecule has 0 saturated heterocycles. The molecule has 1 aromatic carbocycles. The lowest BCUT2D eigenvalue weighted by Crippen LogP contribution is -2.40. The van der Waals surface area contributed by atoms with Crippen LogP contribution in [0.15, 0.2) is 17.0 Å². The van der Waals surface area contributed by atoms with Gasteiger partial charge in [0.2, 0.25) is 0 Å². The van der Waals surface area contributed by atoms with E-state index in [0.717, 1.165) is 25.7 Å². The van der Waals surface area contributed by atoms with Crippen molar-refractivity contribution in [3.05, 3.63) is 27.8 Å². The molecular weight excluding hydrogens is 318 g/mol. The number of thioether (sulfide) groups is 1. The van der Waals surface area contributed by atoms with Crippen molar-refractivity contribution in [1.82, 2.24) is 5.32 Å². The Bertz CT molecular complexity index is 601. The number of hydrogen-bond donors (Lipinski definition) is 2. The fourth-order valence-electron chi connectivity index (χ4n) is 2.73. The molecule has 8 heteroatoms. The van der Waals surface area contributed by atoms with Crippen LogP contribution in [0.5, 0.6) is 5.75 Å². The minimum atomic E-state index is -0.557. The van der Waals surface area contributed by atoms with Gasteiger partial charge in [-0.25, -0.2) is 0 Å². The molecule has 1 fully saturated rings. The zero-order chi connectivity index (χ0) is 17.0. The molecule has 0 spiro atoms. The summed E-state index contributed by atoms with van der Waals surface area (Å²) in [6.07, 6.45) is 5.13. The highest BCUT2D eigenvalue weighted by Crippen LogP contribution is 2.34. The number of nitro benzene ring substituents is 1. The number of nitrogens with zero attached hydrogens (tertiary/aromatic N) is 1. The van der Waals surface area contributed by atoms with Crippen LogP contribution in [0.4, 0.5) is 5.69 Å². The Hall–Kier alpha value is -1.80. The van der Waals surface area contributed by atoms with Gasteiger partial charge in [0.25, 0.3) is 11.6 Å².